The highest BCUT2D eigenvalue weighted by molar-refractivity contribution is 5.85. The Morgan fingerprint density at radius 3 is 2.26 bits per heavy atom. The lowest BCUT2D eigenvalue weighted by atomic mass is 9.71. The smallest absolute Gasteiger partial charge is 0.0642 e. The van der Waals surface area contributed by atoms with Crippen LogP contribution in [0.4, 0.5) is 11.4 Å². The maximum atomic E-state index is 5.59. The van der Waals surface area contributed by atoms with E-state index in [0.717, 1.165) is 26.3 Å². The fraction of sp³-hybridized carbons (Fsp3) is 0.769. The van der Waals surface area contributed by atoms with Gasteiger partial charge >= 0.3 is 0 Å². The van der Waals surface area contributed by atoms with Gasteiger partial charge in [-0.25, -0.2) is 0 Å². The van der Waals surface area contributed by atoms with E-state index in [0.29, 0.717) is 11.3 Å². The molecule has 0 N–H and O–H groups in total. The number of hydrogen-bond donors (Lipinski definition) is 0. The number of rotatable bonds is 6. The first kappa shape index (κ1) is 24.7. The van der Waals surface area contributed by atoms with E-state index < -0.39 is 0 Å². The van der Waals surface area contributed by atoms with Crippen molar-refractivity contribution in [2.24, 2.45) is 5.41 Å². The summed E-state index contributed by atoms with van der Waals surface area (Å²) in [5.41, 5.74) is 5.07. The molecule has 2 heterocycles. The molecule has 0 bridgehead atoms. The monoisotopic (exact) mass is 449 g/mol. The van der Waals surface area contributed by atoms with E-state index in [-0.39, 0.29) is 12.4 Å². The Bertz CT molecular complexity index is 671. The first-order valence-electron chi connectivity index (χ1n) is 12.5. The lowest BCUT2D eigenvalue weighted by Crippen LogP contribution is -2.47. The number of nitrogens with zero attached hydrogens (tertiary/aromatic N) is 3. The highest BCUT2D eigenvalue weighted by Gasteiger charge is 2.30. The van der Waals surface area contributed by atoms with Crippen LogP contribution in [0.15, 0.2) is 18.2 Å². The lowest BCUT2D eigenvalue weighted by molar-refractivity contribution is 0.122. The summed E-state index contributed by atoms with van der Waals surface area (Å²) in [6.07, 6.45) is 8.00. The van der Waals surface area contributed by atoms with Crippen molar-refractivity contribution >= 4 is 23.8 Å². The molecule has 3 fully saturated rings. The van der Waals surface area contributed by atoms with Crippen molar-refractivity contribution < 1.29 is 4.74 Å². The zero-order chi connectivity index (χ0) is 21.0. The maximum Gasteiger partial charge on any atom is 0.0642 e. The van der Waals surface area contributed by atoms with Crippen LogP contribution < -0.4 is 9.80 Å². The molecule has 2 saturated heterocycles. The van der Waals surface area contributed by atoms with Crippen LogP contribution in [0.3, 0.4) is 0 Å². The van der Waals surface area contributed by atoms with E-state index in [4.69, 9.17) is 4.74 Å². The van der Waals surface area contributed by atoms with Crippen molar-refractivity contribution in [3.63, 3.8) is 0 Å². The Morgan fingerprint density at radius 2 is 1.61 bits per heavy atom. The quantitative estimate of drug-likeness (QED) is 0.566. The van der Waals surface area contributed by atoms with Crippen molar-refractivity contribution in [1.82, 2.24) is 4.90 Å². The second-order valence-corrected chi connectivity index (χ2v) is 10.5. The molecule has 0 unspecified atom stereocenters. The van der Waals surface area contributed by atoms with Gasteiger partial charge in [-0.15, -0.1) is 12.4 Å². The topological polar surface area (TPSA) is 19.0 Å². The van der Waals surface area contributed by atoms with Gasteiger partial charge in [-0.3, -0.25) is 4.90 Å². The Labute approximate surface area is 196 Å². The Balaban J connectivity index is 0.00000272. The number of hydrogen-bond acceptors (Lipinski definition) is 4. The van der Waals surface area contributed by atoms with Gasteiger partial charge in [-0.2, -0.15) is 0 Å². The van der Waals surface area contributed by atoms with Crippen molar-refractivity contribution in [1.29, 1.82) is 0 Å². The zero-order valence-electron chi connectivity index (χ0n) is 20.1. The fourth-order valence-electron chi connectivity index (χ4n) is 5.48. The molecule has 2 aliphatic heterocycles. The average Bonchev–Trinajstić information content (AvgIpc) is 2.78. The maximum absolute atomic E-state index is 5.59. The van der Waals surface area contributed by atoms with E-state index >= 15 is 0 Å². The lowest BCUT2D eigenvalue weighted by Gasteiger charge is -2.40. The van der Waals surface area contributed by atoms with Crippen LogP contribution in [0.2, 0.25) is 0 Å². The van der Waals surface area contributed by atoms with Crippen molar-refractivity contribution in [2.45, 2.75) is 65.2 Å². The molecule has 4 rings (SSSR count). The molecule has 0 spiro atoms. The van der Waals surface area contributed by atoms with E-state index in [1.807, 2.05) is 0 Å². The number of anilines is 2. The van der Waals surface area contributed by atoms with E-state index in [9.17, 15) is 0 Å². The molecule has 1 aromatic rings. The summed E-state index contributed by atoms with van der Waals surface area (Å²) in [5, 5.41) is 0. The molecule has 5 heteroatoms. The van der Waals surface area contributed by atoms with Gasteiger partial charge in [0.2, 0.25) is 0 Å². The summed E-state index contributed by atoms with van der Waals surface area (Å²) < 4.78 is 5.59. The molecule has 4 nitrogen and oxygen atoms in total. The van der Waals surface area contributed by atoms with Crippen LogP contribution in [-0.2, 0) is 4.74 Å². The molecule has 0 amide bonds. The number of ether oxygens (including phenoxy) is 1. The van der Waals surface area contributed by atoms with Gasteiger partial charge in [0.05, 0.1) is 13.2 Å². The second kappa shape index (κ2) is 11.2. The predicted molar refractivity (Wildman–Crippen MR) is 135 cm³/mol. The van der Waals surface area contributed by atoms with Gasteiger partial charge in [0.15, 0.2) is 0 Å². The Hall–Kier alpha value is -0.970. The minimum absolute atomic E-state index is 0. The van der Waals surface area contributed by atoms with Crippen LogP contribution in [0.25, 0.3) is 0 Å². The molecule has 1 aliphatic carbocycles. The molecule has 1 aromatic carbocycles. The van der Waals surface area contributed by atoms with Crippen molar-refractivity contribution in [2.75, 3.05) is 68.8 Å². The molecule has 0 aromatic heterocycles. The summed E-state index contributed by atoms with van der Waals surface area (Å²) >= 11 is 0. The molecule has 0 atom stereocenters. The minimum Gasteiger partial charge on any atom is -0.378 e. The van der Waals surface area contributed by atoms with Crippen LogP contribution in [0.1, 0.15) is 70.8 Å². The molecular weight excluding hydrogens is 406 g/mol. The van der Waals surface area contributed by atoms with Crippen molar-refractivity contribution in [3.05, 3.63) is 23.8 Å². The van der Waals surface area contributed by atoms with Crippen LogP contribution in [-0.4, -0.2) is 63.9 Å². The standard InChI is InChI=1S/C26H43N3O.ClH/c1-4-5-12-27-13-15-29(16-14-27)25-7-6-23(28-17-19-30-20-18-28)21-24(25)22-8-10-26(2,3)11-9-22;/h6-7,21-22H,4-5,8-20H2,1-3H3;1H. The van der Waals surface area contributed by atoms with Gasteiger partial charge in [-0.1, -0.05) is 27.2 Å². The van der Waals surface area contributed by atoms with Crippen LogP contribution in [0.5, 0.6) is 0 Å². The minimum atomic E-state index is 0. The third-order valence-electron chi connectivity index (χ3n) is 7.71. The molecular formula is C26H44ClN3O. The normalized spacial score (nSPS) is 22.9. The summed E-state index contributed by atoms with van der Waals surface area (Å²) in [6.45, 7) is 17.0. The van der Waals surface area contributed by atoms with Gasteiger partial charge in [0.1, 0.15) is 0 Å². The predicted octanol–water partition coefficient (Wildman–Crippen LogP) is 5.55. The molecule has 1 saturated carbocycles. The number of halogens is 1. The van der Waals surface area contributed by atoms with E-state index in [1.165, 1.54) is 82.6 Å². The summed E-state index contributed by atoms with van der Waals surface area (Å²) in [6, 6.07) is 7.37. The third kappa shape index (κ3) is 6.30. The molecule has 31 heavy (non-hydrogen) atoms. The van der Waals surface area contributed by atoms with E-state index in [1.54, 1.807) is 5.56 Å². The van der Waals surface area contributed by atoms with Gasteiger partial charge < -0.3 is 14.5 Å². The highest BCUT2D eigenvalue weighted by Crippen LogP contribution is 2.45. The zero-order valence-corrected chi connectivity index (χ0v) is 20.9. The van der Waals surface area contributed by atoms with Gasteiger partial charge in [0.25, 0.3) is 0 Å². The Kier molecular flexibility index (Phi) is 8.95. The van der Waals surface area contributed by atoms with Gasteiger partial charge in [0, 0.05) is 50.6 Å². The van der Waals surface area contributed by atoms with Crippen LogP contribution in [0, 0.1) is 5.41 Å². The number of benzene rings is 1. The molecule has 3 aliphatic rings. The SMILES string of the molecule is CCCCN1CCN(c2ccc(N3CCOCC3)cc2C2CCC(C)(C)CC2)CC1.Cl. The van der Waals surface area contributed by atoms with Crippen molar-refractivity contribution in [3.8, 4) is 0 Å². The molecule has 176 valence electrons. The van der Waals surface area contributed by atoms with E-state index in [2.05, 4.69) is 53.7 Å². The largest absolute Gasteiger partial charge is 0.378 e. The first-order valence-corrected chi connectivity index (χ1v) is 12.5. The number of morpholine rings is 1. The number of piperazine rings is 1. The van der Waals surface area contributed by atoms with Gasteiger partial charge in [-0.05, 0) is 73.7 Å². The van der Waals surface area contributed by atoms with Crippen LogP contribution >= 0.6 is 12.4 Å². The fourth-order valence-corrected chi connectivity index (χ4v) is 5.48. The molecule has 0 radical (unpaired) electrons. The summed E-state index contributed by atoms with van der Waals surface area (Å²) in [4.78, 5) is 7.86. The Morgan fingerprint density at radius 1 is 0.935 bits per heavy atom. The summed E-state index contributed by atoms with van der Waals surface area (Å²) in [5.74, 6) is 0.715. The third-order valence-corrected chi connectivity index (χ3v) is 7.71. The second-order valence-electron chi connectivity index (χ2n) is 10.5. The first-order chi connectivity index (χ1) is 14.6. The average molecular weight is 450 g/mol. The highest BCUT2D eigenvalue weighted by atomic mass is 35.5. The summed E-state index contributed by atoms with van der Waals surface area (Å²) in [7, 11) is 0. The number of unbranched alkanes of at least 4 members (excludes halogenated alkanes) is 1.